The molecule has 2 nitrogen and oxygen atoms in total. The molecule has 0 aliphatic carbocycles. The van der Waals surface area contributed by atoms with Crippen LogP contribution in [0.15, 0.2) is 30.3 Å². The Morgan fingerprint density at radius 3 is 2.58 bits per heavy atom. The van der Waals surface area contributed by atoms with E-state index < -0.39 is 0 Å². The van der Waals surface area contributed by atoms with Crippen molar-refractivity contribution in [2.45, 2.75) is 46.0 Å². The summed E-state index contributed by atoms with van der Waals surface area (Å²) < 4.78 is 5.66. The lowest BCUT2D eigenvalue weighted by Crippen LogP contribution is -2.12. The predicted octanol–water partition coefficient (Wildman–Crippen LogP) is 4.49. The SMILES string of the molecule is CCCCC(CC)COCCC(=O)c1ccccc1. The average molecular weight is 262 g/mol. The van der Waals surface area contributed by atoms with Crippen molar-refractivity contribution < 1.29 is 9.53 Å². The van der Waals surface area contributed by atoms with Crippen molar-refractivity contribution in [3.63, 3.8) is 0 Å². The van der Waals surface area contributed by atoms with Crippen LogP contribution < -0.4 is 0 Å². The minimum absolute atomic E-state index is 0.169. The fraction of sp³-hybridized carbons (Fsp3) is 0.588. The molecule has 0 aliphatic heterocycles. The molecule has 0 amide bonds. The molecule has 19 heavy (non-hydrogen) atoms. The Bertz CT molecular complexity index is 346. The van der Waals surface area contributed by atoms with Gasteiger partial charge in [-0.15, -0.1) is 0 Å². The van der Waals surface area contributed by atoms with Crippen molar-refractivity contribution in [1.82, 2.24) is 0 Å². The average Bonchev–Trinajstić information content (AvgIpc) is 2.47. The standard InChI is InChI=1S/C17H26O2/c1-3-5-9-15(4-2)14-19-13-12-17(18)16-10-7-6-8-11-16/h6-8,10-11,15H,3-5,9,12-14H2,1-2H3. The number of unbranched alkanes of at least 4 members (excludes halogenated alkanes) is 1. The summed E-state index contributed by atoms with van der Waals surface area (Å²) in [7, 11) is 0. The van der Waals surface area contributed by atoms with Gasteiger partial charge in [-0.3, -0.25) is 4.79 Å². The Morgan fingerprint density at radius 1 is 1.21 bits per heavy atom. The van der Waals surface area contributed by atoms with Crippen molar-refractivity contribution in [3.05, 3.63) is 35.9 Å². The highest BCUT2D eigenvalue weighted by molar-refractivity contribution is 5.96. The second-order valence-electron chi connectivity index (χ2n) is 5.03. The van der Waals surface area contributed by atoms with Crippen LogP contribution in [0.1, 0.15) is 56.3 Å². The second-order valence-corrected chi connectivity index (χ2v) is 5.03. The Labute approximate surface area is 117 Å². The Balaban J connectivity index is 2.18. The molecule has 0 radical (unpaired) electrons. The summed E-state index contributed by atoms with van der Waals surface area (Å²) in [4.78, 5) is 11.9. The van der Waals surface area contributed by atoms with Gasteiger partial charge in [0.05, 0.1) is 6.61 Å². The molecule has 0 saturated carbocycles. The van der Waals surface area contributed by atoms with Crippen molar-refractivity contribution in [1.29, 1.82) is 0 Å². The number of ketones is 1. The second kappa shape index (κ2) is 9.74. The Hall–Kier alpha value is -1.15. The zero-order chi connectivity index (χ0) is 13.9. The number of carbonyl (C=O) groups excluding carboxylic acids is 1. The molecular formula is C17H26O2. The number of hydrogen-bond donors (Lipinski definition) is 0. The minimum Gasteiger partial charge on any atom is -0.381 e. The maximum absolute atomic E-state index is 11.9. The van der Waals surface area contributed by atoms with E-state index in [1.807, 2.05) is 30.3 Å². The molecule has 2 heteroatoms. The highest BCUT2D eigenvalue weighted by atomic mass is 16.5. The van der Waals surface area contributed by atoms with Crippen LogP contribution in [0.25, 0.3) is 0 Å². The van der Waals surface area contributed by atoms with Gasteiger partial charge in [-0.05, 0) is 12.3 Å². The number of Topliss-reactive ketones (excluding diaryl/α,β-unsaturated/α-hetero) is 1. The van der Waals surface area contributed by atoms with E-state index in [-0.39, 0.29) is 5.78 Å². The summed E-state index contributed by atoms with van der Waals surface area (Å²) in [6.45, 7) is 5.75. The largest absolute Gasteiger partial charge is 0.381 e. The van der Waals surface area contributed by atoms with Crippen molar-refractivity contribution in [3.8, 4) is 0 Å². The quantitative estimate of drug-likeness (QED) is 0.458. The Morgan fingerprint density at radius 2 is 1.95 bits per heavy atom. The van der Waals surface area contributed by atoms with Crippen molar-refractivity contribution >= 4 is 5.78 Å². The van der Waals surface area contributed by atoms with Crippen LogP contribution in [-0.4, -0.2) is 19.0 Å². The minimum atomic E-state index is 0.169. The van der Waals surface area contributed by atoms with Crippen LogP contribution >= 0.6 is 0 Å². The van der Waals surface area contributed by atoms with Gasteiger partial charge in [0.1, 0.15) is 0 Å². The van der Waals surface area contributed by atoms with Crippen LogP contribution in [0.2, 0.25) is 0 Å². The van der Waals surface area contributed by atoms with Gasteiger partial charge in [-0.25, -0.2) is 0 Å². The highest BCUT2D eigenvalue weighted by Crippen LogP contribution is 2.13. The zero-order valence-corrected chi connectivity index (χ0v) is 12.2. The summed E-state index contributed by atoms with van der Waals surface area (Å²) in [6, 6.07) is 9.43. The van der Waals surface area contributed by atoms with E-state index in [0.717, 1.165) is 18.6 Å². The van der Waals surface area contributed by atoms with Gasteiger partial charge in [0.15, 0.2) is 5.78 Å². The molecule has 1 rings (SSSR count). The lowest BCUT2D eigenvalue weighted by Gasteiger charge is -2.14. The summed E-state index contributed by atoms with van der Waals surface area (Å²) >= 11 is 0. The van der Waals surface area contributed by atoms with E-state index in [9.17, 15) is 4.79 Å². The van der Waals surface area contributed by atoms with Crippen LogP contribution in [0.3, 0.4) is 0 Å². The third-order valence-electron chi connectivity index (χ3n) is 3.47. The maximum atomic E-state index is 11.9. The fourth-order valence-corrected chi connectivity index (χ4v) is 2.08. The van der Waals surface area contributed by atoms with Gasteiger partial charge in [-0.2, -0.15) is 0 Å². The number of benzene rings is 1. The lowest BCUT2D eigenvalue weighted by atomic mass is 10.0. The van der Waals surface area contributed by atoms with E-state index in [1.54, 1.807) is 0 Å². The molecule has 1 atom stereocenters. The molecule has 106 valence electrons. The molecule has 0 spiro atoms. The number of rotatable bonds is 10. The molecule has 1 aromatic carbocycles. The van der Waals surface area contributed by atoms with Crippen LogP contribution in [0, 0.1) is 5.92 Å². The van der Waals surface area contributed by atoms with E-state index >= 15 is 0 Å². The van der Waals surface area contributed by atoms with Crippen molar-refractivity contribution in [2.24, 2.45) is 5.92 Å². The molecule has 0 fully saturated rings. The number of ether oxygens (including phenoxy) is 1. The first-order valence-electron chi connectivity index (χ1n) is 7.43. The molecule has 0 saturated heterocycles. The molecular weight excluding hydrogens is 236 g/mol. The normalized spacial score (nSPS) is 12.3. The van der Waals surface area contributed by atoms with E-state index in [2.05, 4.69) is 13.8 Å². The van der Waals surface area contributed by atoms with Gasteiger partial charge in [-0.1, -0.05) is 63.4 Å². The molecule has 0 N–H and O–H groups in total. The fourth-order valence-electron chi connectivity index (χ4n) is 2.08. The monoisotopic (exact) mass is 262 g/mol. The first-order valence-corrected chi connectivity index (χ1v) is 7.43. The highest BCUT2D eigenvalue weighted by Gasteiger charge is 2.08. The van der Waals surface area contributed by atoms with Crippen LogP contribution in [0.5, 0.6) is 0 Å². The van der Waals surface area contributed by atoms with Gasteiger partial charge in [0.2, 0.25) is 0 Å². The molecule has 0 aromatic heterocycles. The molecule has 0 bridgehead atoms. The van der Waals surface area contributed by atoms with Crippen LogP contribution in [0.4, 0.5) is 0 Å². The molecule has 0 heterocycles. The number of hydrogen-bond acceptors (Lipinski definition) is 2. The van der Waals surface area contributed by atoms with Gasteiger partial charge in [0, 0.05) is 18.6 Å². The number of carbonyl (C=O) groups is 1. The lowest BCUT2D eigenvalue weighted by molar-refractivity contribution is 0.0767. The third-order valence-corrected chi connectivity index (χ3v) is 3.47. The van der Waals surface area contributed by atoms with Gasteiger partial charge in [0.25, 0.3) is 0 Å². The van der Waals surface area contributed by atoms with E-state index in [1.165, 1.54) is 19.3 Å². The van der Waals surface area contributed by atoms with E-state index in [0.29, 0.717) is 18.9 Å². The third kappa shape index (κ3) is 6.53. The predicted molar refractivity (Wildman–Crippen MR) is 79.5 cm³/mol. The topological polar surface area (TPSA) is 26.3 Å². The summed E-state index contributed by atoms with van der Waals surface area (Å²) in [6.07, 6.45) is 5.38. The van der Waals surface area contributed by atoms with Gasteiger partial charge >= 0.3 is 0 Å². The molecule has 0 aliphatic rings. The van der Waals surface area contributed by atoms with Crippen LogP contribution in [-0.2, 0) is 4.74 Å². The maximum Gasteiger partial charge on any atom is 0.165 e. The first kappa shape index (κ1) is 15.9. The van der Waals surface area contributed by atoms with Crippen molar-refractivity contribution in [2.75, 3.05) is 13.2 Å². The smallest absolute Gasteiger partial charge is 0.165 e. The summed E-state index contributed by atoms with van der Waals surface area (Å²) in [5.74, 6) is 0.814. The first-order chi connectivity index (χ1) is 9.27. The Kier molecular flexibility index (Phi) is 8.15. The zero-order valence-electron chi connectivity index (χ0n) is 12.2. The molecule has 1 unspecified atom stereocenters. The summed E-state index contributed by atoms with van der Waals surface area (Å²) in [5.41, 5.74) is 0.782. The van der Waals surface area contributed by atoms with Gasteiger partial charge < -0.3 is 4.74 Å². The molecule has 1 aromatic rings. The van der Waals surface area contributed by atoms with E-state index in [4.69, 9.17) is 4.74 Å². The summed E-state index contributed by atoms with van der Waals surface area (Å²) in [5, 5.41) is 0.